The molecule has 1 aromatic carbocycles. The fourth-order valence-electron chi connectivity index (χ4n) is 2.42. The lowest BCUT2D eigenvalue weighted by Gasteiger charge is -2.09. The minimum Gasteiger partial charge on any atom is -0.305 e. The molecule has 0 atom stereocenters. The topological polar surface area (TPSA) is 71.0 Å². The second kappa shape index (κ2) is 8.03. The Hall–Kier alpha value is -2.85. The van der Waals surface area contributed by atoms with Crippen molar-refractivity contribution in [3.05, 3.63) is 59.3 Å². The van der Waals surface area contributed by atoms with E-state index in [2.05, 4.69) is 19.7 Å². The maximum atomic E-state index is 12.6. The van der Waals surface area contributed by atoms with Gasteiger partial charge in [-0.05, 0) is 56.1 Å². The minimum absolute atomic E-state index is 0.0934. The number of rotatable bonds is 5. The number of anilines is 1. The van der Waals surface area contributed by atoms with Crippen LogP contribution in [0.5, 0.6) is 0 Å². The van der Waals surface area contributed by atoms with Gasteiger partial charge >= 0.3 is 6.18 Å². The summed E-state index contributed by atoms with van der Waals surface area (Å²) in [5, 5.41) is 2.78. The fraction of sp³-hybridized carbons (Fsp3) is 0.222. The first kappa shape index (κ1) is 19.9. The summed E-state index contributed by atoms with van der Waals surface area (Å²) in [4.78, 5) is 22.7. The van der Waals surface area contributed by atoms with E-state index in [0.29, 0.717) is 11.5 Å². The number of benzene rings is 1. The zero-order valence-electron chi connectivity index (χ0n) is 15.0. The molecule has 3 rings (SSSR count). The number of pyridine rings is 1. The molecule has 6 nitrogen and oxygen atoms in total. The van der Waals surface area contributed by atoms with Gasteiger partial charge in [-0.1, -0.05) is 0 Å². The van der Waals surface area contributed by atoms with Gasteiger partial charge in [0.15, 0.2) is 5.82 Å². The van der Waals surface area contributed by atoms with E-state index < -0.39 is 17.6 Å². The molecular formula is C18H16F3N5OS. The van der Waals surface area contributed by atoms with E-state index in [9.17, 15) is 18.0 Å². The van der Waals surface area contributed by atoms with E-state index >= 15 is 0 Å². The van der Waals surface area contributed by atoms with Crippen LogP contribution in [-0.2, 0) is 12.7 Å². The van der Waals surface area contributed by atoms with Gasteiger partial charge in [-0.2, -0.15) is 22.5 Å². The van der Waals surface area contributed by atoms with Crippen molar-refractivity contribution in [3.63, 3.8) is 0 Å². The highest BCUT2D eigenvalue weighted by molar-refractivity contribution is 7.10. The Balaban J connectivity index is 1.71. The molecule has 0 fully saturated rings. The Morgan fingerprint density at radius 1 is 1.18 bits per heavy atom. The van der Waals surface area contributed by atoms with Crippen molar-refractivity contribution in [1.82, 2.24) is 19.2 Å². The number of halogens is 3. The van der Waals surface area contributed by atoms with E-state index in [1.807, 2.05) is 31.1 Å². The number of nitrogens with one attached hydrogen (secondary N) is 1. The summed E-state index contributed by atoms with van der Waals surface area (Å²) in [6.07, 6.45) is -2.78. The lowest BCUT2D eigenvalue weighted by atomic mass is 10.1. The van der Waals surface area contributed by atoms with Gasteiger partial charge in [0.1, 0.15) is 5.69 Å². The monoisotopic (exact) mass is 407 g/mol. The van der Waals surface area contributed by atoms with Crippen LogP contribution in [0.3, 0.4) is 0 Å². The van der Waals surface area contributed by atoms with Crippen molar-refractivity contribution in [2.45, 2.75) is 12.7 Å². The number of amides is 1. The van der Waals surface area contributed by atoms with Crippen LogP contribution in [0.4, 0.5) is 18.3 Å². The van der Waals surface area contributed by atoms with Crippen LogP contribution in [0.2, 0.25) is 0 Å². The summed E-state index contributed by atoms with van der Waals surface area (Å²) in [5.41, 5.74) is 0.896. The predicted molar refractivity (Wildman–Crippen MR) is 99.9 cm³/mol. The molecule has 3 aromatic rings. The van der Waals surface area contributed by atoms with E-state index in [-0.39, 0.29) is 10.7 Å². The third-order valence-corrected chi connectivity index (χ3v) is 4.30. The molecule has 1 amide bonds. The lowest BCUT2D eigenvalue weighted by molar-refractivity contribution is -0.137. The smallest absolute Gasteiger partial charge is 0.305 e. The summed E-state index contributed by atoms with van der Waals surface area (Å²) in [6, 6.07) is 7.71. The van der Waals surface area contributed by atoms with Crippen molar-refractivity contribution in [2.24, 2.45) is 0 Å². The van der Waals surface area contributed by atoms with Crippen LogP contribution in [-0.4, -0.2) is 39.2 Å². The average molecular weight is 407 g/mol. The zero-order chi connectivity index (χ0) is 20.3. The summed E-state index contributed by atoms with van der Waals surface area (Å²) in [6.45, 7) is 0.733. The first-order valence-electron chi connectivity index (χ1n) is 8.15. The summed E-state index contributed by atoms with van der Waals surface area (Å²) in [5.74, 6) is -0.195. The molecule has 1 N–H and O–H groups in total. The van der Waals surface area contributed by atoms with Crippen molar-refractivity contribution in [2.75, 3.05) is 19.4 Å². The van der Waals surface area contributed by atoms with Gasteiger partial charge in [0.2, 0.25) is 5.13 Å². The molecule has 10 heteroatoms. The highest BCUT2D eigenvalue weighted by Gasteiger charge is 2.30. The van der Waals surface area contributed by atoms with Crippen molar-refractivity contribution in [3.8, 4) is 11.5 Å². The lowest BCUT2D eigenvalue weighted by Crippen LogP contribution is -2.12. The summed E-state index contributed by atoms with van der Waals surface area (Å²) < 4.78 is 42.0. The second-order valence-electron chi connectivity index (χ2n) is 6.24. The highest BCUT2D eigenvalue weighted by Crippen LogP contribution is 2.29. The molecule has 0 aliphatic rings. The molecule has 0 aliphatic heterocycles. The van der Waals surface area contributed by atoms with E-state index in [0.717, 1.165) is 47.9 Å². The van der Waals surface area contributed by atoms with Gasteiger partial charge in [0, 0.05) is 29.8 Å². The van der Waals surface area contributed by atoms with Crippen LogP contribution in [0.15, 0.2) is 42.6 Å². The molecule has 28 heavy (non-hydrogen) atoms. The largest absolute Gasteiger partial charge is 0.416 e. The van der Waals surface area contributed by atoms with Crippen molar-refractivity contribution >= 4 is 22.6 Å². The average Bonchev–Trinajstić information content (AvgIpc) is 3.09. The van der Waals surface area contributed by atoms with Gasteiger partial charge in [-0.3, -0.25) is 15.1 Å². The third kappa shape index (κ3) is 4.90. The van der Waals surface area contributed by atoms with Gasteiger partial charge in [0.05, 0.1) is 5.56 Å². The van der Waals surface area contributed by atoms with Crippen LogP contribution < -0.4 is 5.32 Å². The number of nitrogens with zero attached hydrogens (tertiary/aromatic N) is 4. The Bertz CT molecular complexity index is 970. The summed E-state index contributed by atoms with van der Waals surface area (Å²) in [7, 11) is 3.91. The Labute approximate surface area is 163 Å². The number of hydrogen-bond acceptors (Lipinski definition) is 6. The predicted octanol–water partition coefficient (Wildman–Crippen LogP) is 3.93. The molecule has 2 aromatic heterocycles. The quantitative estimate of drug-likeness (QED) is 0.694. The molecule has 0 unspecified atom stereocenters. The first-order chi connectivity index (χ1) is 13.2. The van der Waals surface area contributed by atoms with Crippen molar-refractivity contribution in [1.29, 1.82) is 0 Å². The molecule has 146 valence electrons. The number of carbonyl (C=O) groups excluding carboxylic acids is 1. The Morgan fingerprint density at radius 2 is 1.89 bits per heavy atom. The molecule has 0 spiro atoms. The van der Waals surface area contributed by atoms with Crippen molar-refractivity contribution < 1.29 is 18.0 Å². The van der Waals surface area contributed by atoms with Crippen LogP contribution in [0.25, 0.3) is 11.5 Å². The van der Waals surface area contributed by atoms with Crippen LogP contribution in [0.1, 0.15) is 21.5 Å². The van der Waals surface area contributed by atoms with E-state index in [1.54, 1.807) is 6.20 Å². The van der Waals surface area contributed by atoms with E-state index in [4.69, 9.17) is 0 Å². The summed E-state index contributed by atoms with van der Waals surface area (Å²) >= 11 is 0.971. The first-order valence-corrected chi connectivity index (χ1v) is 8.92. The van der Waals surface area contributed by atoms with Gasteiger partial charge < -0.3 is 4.90 Å². The zero-order valence-corrected chi connectivity index (χ0v) is 15.8. The van der Waals surface area contributed by atoms with E-state index in [1.165, 1.54) is 0 Å². The van der Waals surface area contributed by atoms with Gasteiger partial charge in [0.25, 0.3) is 5.91 Å². The van der Waals surface area contributed by atoms with Gasteiger partial charge in [-0.25, -0.2) is 0 Å². The molecule has 2 heterocycles. The normalized spacial score (nSPS) is 11.6. The standard InChI is InChI=1S/C18H16F3N5OS/c1-26(2)10-11-7-8-22-14(9-11)15-23-17(28-25-15)24-16(27)12-3-5-13(6-4-12)18(19,20)21/h3-9H,10H2,1-2H3,(H,23,24,25,27). The minimum atomic E-state index is -4.45. The van der Waals surface area contributed by atoms with Crippen LogP contribution in [0, 0.1) is 0 Å². The molecule has 0 radical (unpaired) electrons. The maximum absolute atomic E-state index is 12.6. The molecule has 0 bridgehead atoms. The number of alkyl halides is 3. The fourth-order valence-corrected chi connectivity index (χ4v) is 2.99. The number of hydrogen-bond donors (Lipinski definition) is 1. The maximum Gasteiger partial charge on any atom is 0.416 e. The second-order valence-corrected chi connectivity index (χ2v) is 6.99. The SMILES string of the molecule is CN(C)Cc1ccnc(-c2nsc(NC(=O)c3ccc(C(F)(F)F)cc3)n2)c1. The third-order valence-electron chi connectivity index (χ3n) is 3.67. The molecule has 0 saturated heterocycles. The van der Waals surface area contributed by atoms with Crippen LogP contribution >= 0.6 is 11.5 Å². The van der Waals surface area contributed by atoms with Gasteiger partial charge in [-0.15, -0.1) is 0 Å². The Kier molecular flexibility index (Phi) is 5.71. The number of carbonyl (C=O) groups is 1. The molecular weight excluding hydrogens is 391 g/mol. The highest BCUT2D eigenvalue weighted by atomic mass is 32.1. The number of aromatic nitrogens is 3. The molecule has 0 aliphatic carbocycles. The Morgan fingerprint density at radius 3 is 2.54 bits per heavy atom. The molecule has 0 saturated carbocycles.